The number of hydrogen-bond acceptors (Lipinski definition) is 10. The van der Waals surface area contributed by atoms with Crippen LogP contribution >= 0.6 is 23.1 Å². The van der Waals surface area contributed by atoms with Crippen LogP contribution < -0.4 is 10.6 Å². The lowest BCUT2D eigenvalue weighted by Crippen LogP contribution is -2.25. The van der Waals surface area contributed by atoms with Crippen molar-refractivity contribution >= 4 is 51.6 Å². The fourth-order valence-electron chi connectivity index (χ4n) is 4.57. The number of aromatic nitrogens is 3. The van der Waals surface area contributed by atoms with Gasteiger partial charge in [-0.3, -0.25) is 19.7 Å². The fourth-order valence-corrected chi connectivity index (χ4v) is 6.75. The van der Waals surface area contributed by atoms with Crippen molar-refractivity contribution in [2.24, 2.45) is 0 Å². The number of non-ortho nitro benzene ring substituents is 1. The predicted octanol–water partition coefficient (Wildman–Crippen LogP) is 5.15. The number of nitrogens with zero attached hydrogens (tertiary/aromatic N) is 4. The van der Waals surface area contributed by atoms with Crippen LogP contribution in [0.2, 0.25) is 0 Å². The molecular weight excluding hydrogens is 580 g/mol. The van der Waals surface area contributed by atoms with Crippen LogP contribution in [0.1, 0.15) is 83.4 Å². The number of benzene rings is 1. The number of fused-ring (bicyclic) bond motifs is 1. The Morgan fingerprint density at radius 3 is 2.60 bits per heavy atom. The maximum absolute atomic E-state index is 13.3. The zero-order valence-corrected chi connectivity index (χ0v) is 25.4. The molecule has 0 saturated carbocycles. The number of carbonyl (C=O) groups excluding carboxylic acids is 3. The van der Waals surface area contributed by atoms with Crippen molar-refractivity contribution in [3.8, 4) is 0 Å². The van der Waals surface area contributed by atoms with Crippen molar-refractivity contribution in [3.05, 3.63) is 61.8 Å². The number of nitro groups is 1. The van der Waals surface area contributed by atoms with E-state index in [0.29, 0.717) is 28.1 Å². The molecule has 2 aromatic heterocycles. The monoisotopic (exact) mass is 614 g/mol. The summed E-state index contributed by atoms with van der Waals surface area (Å²) >= 11 is 2.70. The van der Waals surface area contributed by atoms with E-state index in [1.807, 2.05) is 4.57 Å². The molecule has 2 amide bonds. The third-order valence-corrected chi connectivity index (χ3v) is 9.10. The van der Waals surface area contributed by atoms with Crippen LogP contribution in [0.4, 0.5) is 10.7 Å². The van der Waals surface area contributed by atoms with Gasteiger partial charge in [-0.15, -0.1) is 21.5 Å². The Morgan fingerprint density at radius 2 is 1.90 bits per heavy atom. The minimum atomic E-state index is -0.550. The van der Waals surface area contributed by atoms with Crippen LogP contribution in [0, 0.1) is 10.1 Å². The highest BCUT2D eigenvalue weighted by Gasteiger charge is 2.29. The SMILES string of the molecule is CCCCn1c(CNC(=O)c2ccc([N+](=O)[O-])cc2)nnc1S[C@H](C)C(=O)Nc1sc2c(c1C(=O)OCC)CCCC2. The standard InChI is InChI=1S/C28H34N6O6S2/c1-4-6-15-33-22(16-29-25(36)18-11-13-19(14-12-18)34(38)39)31-32-28(33)41-17(3)24(35)30-26-23(27(37)40-5-2)20-9-7-8-10-21(20)42-26/h11-14,17H,4-10,15-16H2,1-3H3,(H,29,36)(H,30,35)/t17-/m1/s1. The number of nitrogens with one attached hydrogen (secondary N) is 2. The van der Waals surface area contributed by atoms with Gasteiger partial charge in [0.15, 0.2) is 11.0 Å². The number of unbranched alkanes of at least 4 members (excludes halogenated alkanes) is 1. The number of esters is 1. The summed E-state index contributed by atoms with van der Waals surface area (Å²) < 4.78 is 7.19. The van der Waals surface area contributed by atoms with Crippen LogP contribution in [-0.4, -0.2) is 49.3 Å². The van der Waals surface area contributed by atoms with Crippen molar-refractivity contribution in [1.82, 2.24) is 20.1 Å². The Balaban J connectivity index is 1.45. The highest BCUT2D eigenvalue weighted by Crippen LogP contribution is 2.39. The molecule has 0 saturated heterocycles. The fraction of sp³-hybridized carbons (Fsp3) is 0.464. The molecular formula is C28H34N6O6S2. The number of thiophene rings is 1. The molecule has 2 N–H and O–H groups in total. The number of thioether (sulfide) groups is 1. The molecule has 2 heterocycles. The molecule has 4 rings (SSSR count). The van der Waals surface area contributed by atoms with Gasteiger partial charge in [0.2, 0.25) is 5.91 Å². The lowest BCUT2D eigenvalue weighted by molar-refractivity contribution is -0.384. The minimum absolute atomic E-state index is 0.0946. The summed E-state index contributed by atoms with van der Waals surface area (Å²) in [6, 6.07) is 5.35. The molecule has 0 radical (unpaired) electrons. The first-order chi connectivity index (χ1) is 20.2. The topological polar surface area (TPSA) is 158 Å². The summed E-state index contributed by atoms with van der Waals surface area (Å²) in [4.78, 5) is 50.2. The van der Waals surface area contributed by atoms with E-state index >= 15 is 0 Å². The van der Waals surface area contributed by atoms with E-state index in [-0.39, 0.29) is 30.3 Å². The summed E-state index contributed by atoms with van der Waals surface area (Å²) in [7, 11) is 0. The Hall–Kier alpha value is -3.78. The van der Waals surface area contributed by atoms with Gasteiger partial charge in [-0.25, -0.2) is 4.79 Å². The second-order valence-corrected chi connectivity index (χ2v) is 12.2. The average molecular weight is 615 g/mol. The molecule has 1 aromatic carbocycles. The van der Waals surface area contributed by atoms with E-state index < -0.39 is 22.0 Å². The van der Waals surface area contributed by atoms with Crippen molar-refractivity contribution in [3.63, 3.8) is 0 Å². The van der Waals surface area contributed by atoms with Crippen LogP contribution in [0.3, 0.4) is 0 Å². The molecule has 0 unspecified atom stereocenters. The minimum Gasteiger partial charge on any atom is -0.462 e. The van der Waals surface area contributed by atoms with Crippen molar-refractivity contribution < 1.29 is 24.0 Å². The molecule has 0 bridgehead atoms. The number of carbonyl (C=O) groups is 3. The molecule has 1 aliphatic rings. The van der Waals surface area contributed by atoms with Crippen molar-refractivity contribution in [1.29, 1.82) is 0 Å². The average Bonchev–Trinajstić information content (AvgIpc) is 3.54. The van der Waals surface area contributed by atoms with Gasteiger partial charge >= 0.3 is 5.97 Å². The third kappa shape index (κ3) is 7.34. The zero-order valence-electron chi connectivity index (χ0n) is 23.8. The lowest BCUT2D eigenvalue weighted by Gasteiger charge is -2.14. The maximum Gasteiger partial charge on any atom is 0.341 e. The second-order valence-electron chi connectivity index (χ2n) is 9.78. The summed E-state index contributed by atoms with van der Waals surface area (Å²) in [6.45, 7) is 6.55. The van der Waals surface area contributed by atoms with Crippen molar-refractivity contribution in [2.75, 3.05) is 11.9 Å². The molecule has 14 heteroatoms. The van der Waals surface area contributed by atoms with Gasteiger partial charge in [-0.2, -0.15) is 0 Å². The molecule has 1 aliphatic carbocycles. The Labute approximate surface area is 251 Å². The van der Waals surface area contributed by atoms with E-state index in [2.05, 4.69) is 27.8 Å². The summed E-state index contributed by atoms with van der Waals surface area (Å²) in [6.07, 6.45) is 5.51. The second kappa shape index (κ2) is 14.4. The van der Waals surface area contributed by atoms with Crippen LogP contribution in [0.5, 0.6) is 0 Å². The van der Waals surface area contributed by atoms with E-state index in [4.69, 9.17) is 4.74 Å². The van der Waals surface area contributed by atoms with Crippen molar-refractivity contribution in [2.45, 2.75) is 82.8 Å². The number of rotatable bonds is 13. The molecule has 0 fully saturated rings. The molecule has 42 heavy (non-hydrogen) atoms. The molecule has 224 valence electrons. The van der Waals surface area contributed by atoms with Gasteiger partial charge in [0.25, 0.3) is 11.6 Å². The third-order valence-electron chi connectivity index (χ3n) is 6.82. The van der Waals surface area contributed by atoms with Gasteiger partial charge in [-0.05, 0) is 63.6 Å². The number of nitro benzene ring substituents is 1. The van der Waals surface area contributed by atoms with E-state index in [9.17, 15) is 24.5 Å². The van der Waals surface area contributed by atoms with Gasteiger partial charge in [-0.1, -0.05) is 25.1 Å². The Bertz CT molecular complexity index is 1450. The predicted molar refractivity (Wildman–Crippen MR) is 160 cm³/mol. The molecule has 1 atom stereocenters. The van der Waals surface area contributed by atoms with Gasteiger partial charge in [0, 0.05) is 29.1 Å². The first kappa shape index (κ1) is 31.2. The van der Waals surface area contributed by atoms with Crippen LogP contribution in [0.25, 0.3) is 0 Å². The van der Waals surface area contributed by atoms with Gasteiger partial charge < -0.3 is 19.9 Å². The molecule has 0 spiro atoms. The normalized spacial score (nSPS) is 13.2. The largest absolute Gasteiger partial charge is 0.462 e. The first-order valence-corrected chi connectivity index (χ1v) is 15.7. The Kier molecular flexibility index (Phi) is 10.7. The number of hydrogen-bond donors (Lipinski definition) is 2. The maximum atomic E-state index is 13.3. The highest BCUT2D eigenvalue weighted by molar-refractivity contribution is 8.00. The lowest BCUT2D eigenvalue weighted by atomic mass is 9.95. The summed E-state index contributed by atoms with van der Waals surface area (Å²) in [5.74, 6) is -0.535. The molecule has 12 nitrogen and oxygen atoms in total. The summed E-state index contributed by atoms with van der Waals surface area (Å²) in [5.41, 5.74) is 1.65. The van der Waals surface area contributed by atoms with Gasteiger partial charge in [0.05, 0.1) is 28.9 Å². The smallest absolute Gasteiger partial charge is 0.341 e. The molecule has 3 aromatic rings. The number of amides is 2. The quantitative estimate of drug-likeness (QED) is 0.115. The van der Waals surface area contributed by atoms with Crippen LogP contribution in [0.15, 0.2) is 29.4 Å². The number of aryl methyl sites for hydroxylation is 1. The number of anilines is 1. The van der Waals surface area contributed by atoms with E-state index in [1.165, 1.54) is 47.4 Å². The van der Waals surface area contributed by atoms with Gasteiger partial charge in [0.1, 0.15) is 5.00 Å². The first-order valence-electron chi connectivity index (χ1n) is 14.0. The Morgan fingerprint density at radius 1 is 1.17 bits per heavy atom. The highest BCUT2D eigenvalue weighted by atomic mass is 32.2. The molecule has 0 aliphatic heterocycles. The summed E-state index contributed by atoms with van der Waals surface area (Å²) in [5, 5.41) is 25.7. The number of ether oxygens (including phenoxy) is 1. The van der Waals surface area contributed by atoms with E-state index in [1.54, 1.807) is 13.8 Å². The van der Waals surface area contributed by atoms with E-state index in [0.717, 1.165) is 49.0 Å². The van der Waals surface area contributed by atoms with Crippen LogP contribution in [-0.2, 0) is 35.5 Å². The zero-order chi connectivity index (χ0) is 30.2.